The Labute approximate surface area is 117 Å². The fourth-order valence-corrected chi connectivity index (χ4v) is 3.56. The van der Waals surface area contributed by atoms with E-state index in [1.54, 1.807) is 0 Å². The zero-order chi connectivity index (χ0) is 13.4. The van der Waals surface area contributed by atoms with Gasteiger partial charge in [0.1, 0.15) is 0 Å². The summed E-state index contributed by atoms with van der Waals surface area (Å²) in [5.74, 6) is 0.355. The lowest BCUT2D eigenvalue weighted by Gasteiger charge is -2.11. The SMILES string of the molecule is CSC1CCC(NC(=O)c2n[nH]c(C3CC3)c2N)C1. The molecule has 6 heteroatoms. The van der Waals surface area contributed by atoms with Crippen LogP contribution in [0.4, 0.5) is 5.69 Å². The van der Waals surface area contributed by atoms with E-state index < -0.39 is 0 Å². The summed E-state index contributed by atoms with van der Waals surface area (Å²) in [6.45, 7) is 0. The van der Waals surface area contributed by atoms with E-state index in [9.17, 15) is 4.79 Å². The number of aromatic nitrogens is 2. The molecule has 2 saturated carbocycles. The maximum absolute atomic E-state index is 12.2. The summed E-state index contributed by atoms with van der Waals surface area (Å²) in [5, 5.41) is 10.7. The van der Waals surface area contributed by atoms with Crippen molar-refractivity contribution in [3.63, 3.8) is 0 Å². The Balaban J connectivity index is 1.64. The number of nitrogen functional groups attached to an aromatic ring is 1. The molecule has 0 aliphatic heterocycles. The normalized spacial score (nSPS) is 26.6. The Morgan fingerprint density at radius 2 is 2.21 bits per heavy atom. The van der Waals surface area contributed by atoms with Gasteiger partial charge in [-0.15, -0.1) is 0 Å². The molecule has 2 atom stereocenters. The zero-order valence-electron chi connectivity index (χ0n) is 11.1. The van der Waals surface area contributed by atoms with Crippen molar-refractivity contribution >= 4 is 23.4 Å². The summed E-state index contributed by atoms with van der Waals surface area (Å²) in [6.07, 6.45) is 7.69. The molecule has 4 N–H and O–H groups in total. The number of aromatic amines is 1. The molecule has 1 aromatic heterocycles. The van der Waals surface area contributed by atoms with Gasteiger partial charge in [-0.3, -0.25) is 9.89 Å². The molecule has 2 fully saturated rings. The number of nitrogens with one attached hydrogen (secondary N) is 2. The molecule has 0 saturated heterocycles. The van der Waals surface area contributed by atoms with Crippen LogP contribution in [0.25, 0.3) is 0 Å². The molecule has 5 nitrogen and oxygen atoms in total. The molecule has 0 spiro atoms. The lowest BCUT2D eigenvalue weighted by atomic mass is 10.2. The second-order valence-corrected chi connectivity index (χ2v) is 6.65. The van der Waals surface area contributed by atoms with Crippen LogP contribution in [0.5, 0.6) is 0 Å². The maximum Gasteiger partial charge on any atom is 0.274 e. The molecule has 1 aromatic rings. The topological polar surface area (TPSA) is 83.8 Å². The monoisotopic (exact) mass is 280 g/mol. The van der Waals surface area contributed by atoms with Gasteiger partial charge in [0.2, 0.25) is 0 Å². The number of hydrogen-bond donors (Lipinski definition) is 3. The summed E-state index contributed by atoms with van der Waals surface area (Å²) in [4.78, 5) is 12.2. The van der Waals surface area contributed by atoms with Crippen LogP contribution >= 0.6 is 11.8 Å². The molecule has 2 aliphatic rings. The first-order chi connectivity index (χ1) is 9.19. The van der Waals surface area contributed by atoms with Gasteiger partial charge in [-0.2, -0.15) is 16.9 Å². The molecular formula is C13H20N4OS. The number of thioether (sulfide) groups is 1. The van der Waals surface area contributed by atoms with Gasteiger partial charge < -0.3 is 11.1 Å². The maximum atomic E-state index is 12.2. The fraction of sp³-hybridized carbons (Fsp3) is 0.692. The lowest BCUT2D eigenvalue weighted by Crippen LogP contribution is -2.33. The summed E-state index contributed by atoms with van der Waals surface area (Å²) in [5.41, 5.74) is 7.87. The number of anilines is 1. The van der Waals surface area contributed by atoms with E-state index >= 15 is 0 Å². The number of rotatable bonds is 4. The van der Waals surface area contributed by atoms with Gasteiger partial charge in [-0.1, -0.05) is 0 Å². The van der Waals surface area contributed by atoms with Gasteiger partial charge in [0.15, 0.2) is 5.69 Å². The highest BCUT2D eigenvalue weighted by atomic mass is 32.2. The third-order valence-corrected chi connectivity index (χ3v) is 5.18. The minimum Gasteiger partial charge on any atom is -0.395 e. The Kier molecular flexibility index (Phi) is 3.43. The summed E-state index contributed by atoms with van der Waals surface area (Å²) >= 11 is 1.88. The molecule has 2 unspecified atom stereocenters. The number of carbonyl (C=O) groups is 1. The summed E-state index contributed by atoms with van der Waals surface area (Å²) in [7, 11) is 0. The van der Waals surface area contributed by atoms with Crippen molar-refractivity contribution in [2.45, 2.75) is 49.3 Å². The van der Waals surface area contributed by atoms with Crippen LogP contribution in [0, 0.1) is 0 Å². The zero-order valence-corrected chi connectivity index (χ0v) is 11.9. The lowest BCUT2D eigenvalue weighted by molar-refractivity contribution is 0.0934. The quantitative estimate of drug-likeness (QED) is 0.786. The first-order valence-corrected chi connectivity index (χ1v) is 8.15. The number of nitrogens with zero attached hydrogens (tertiary/aromatic N) is 1. The van der Waals surface area contributed by atoms with E-state index in [-0.39, 0.29) is 11.9 Å². The molecule has 1 heterocycles. The van der Waals surface area contributed by atoms with Crippen LogP contribution in [0.3, 0.4) is 0 Å². The highest BCUT2D eigenvalue weighted by molar-refractivity contribution is 7.99. The summed E-state index contributed by atoms with van der Waals surface area (Å²) < 4.78 is 0. The Morgan fingerprint density at radius 1 is 1.42 bits per heavy atom. The van der Waals surface area contributed by atoms with Gasteiger partial charge in [0, 0.05) is 17.2 Å². The van der Waals surface area contributed by atoms with Crippen molar-refractivity contribution in [3.8, 4) is 0 Å². The Morgan fingerprint density at radius 3 is 2.84 bits per heavy atom. The van der Waals surface area contributed by atoms with Crippen molar-refractivity contribution in [1.29, 1.82) is 0 Å². The van der Waals surface area contributed by atoms with Crippen molar-refractivity contribution < 1.29 is 4.79 Å². The third kappa shape index (κ3) is 2.59. The number of amides is 1. The number of hydrogen-bond acceptors (Lipinski definition) is 4. The second kappa shape index (κ2) is 5.07. The minimum absolute atomic E-state index is 0.132. The van der Waals surface area contributed by atoms with Gasteiger partial charge >= 0.3 is 0 Å². The highest BCUT2D eigenvalue weighted by Crippen LogP contribution is 2.42. The van der Waals surface area contributed by atoms with E-state index in [1.807, 2.05) is 11.8 Å². The highest BCUT2D eigenvalue weighted by Gasteiger charge is 2.31. The number of nitrogens with two attached hydrogens (primary N) is 1. The van der Waals surface area contributed by atoms with E-state index in [4.69, 9.17) is 5.73 Å². The largest absolute Gasteiger partial charge is 0.395 e. The average Bonchev–Trinajstić information content (AvgIpc) is 3.01. The van der Waals surface area contributed by atoms with E-state index in [0.29, 0.717) is 22.5 Å². The van der Waals surface area contributed by atoms with Crippen LogP contribution in [0.15, 0.2) is 0 Å². The molecule has 104 valence electrons. The smallest absolute Gasteiger partial charge is 0.274 e. The minimum atomic E-state index is -0.132. The van der Waals surface area contributed by atoms with Crippen LogP contribution in [-0.4, -0.2) is 33.7 Å². The van der Waals surface area contributed by atoms with Gasteiger partial charge in [0.25, 0.3) is 5.91 Å². The van der Waals surface area contributed by atoms with Crippen LogP contribution in [0.1, 0.15) is 54.2 Å². The Hall–Kier alpha value is -1.17. The predicted molar refractivity (Wildman–Crippen MR) is 77.4 cm³/mol. The number of H-pyrrole nitrogens is 1. The second-order valence-electron chi connectivity index (χ2n) is 5.51. The van der Waals surface area contributed by atoms with Crippen molar-refractivity contribution in [2.24, 2.45) is 0 Å². The standard InChI is InChI=1S/C13H20N4OS/c1-19-9-5-4-8(6-9)15-13(18)12-10(14)11(16-17-12)7-2-3-7/h7-9H,2-6,14H2,1H3,(H,15,18)(H,16,17). The third-order valence-electron chi connectivity index (χ3n) is 4.09. The van der Waals surface area contributed by atoms with Crippen molar-refractivity contribution in [2.75, 3.05) is 12.0 Å². The Bertz CT molecular complexity index is 483. The van der Waals surface area contributed by atoms with Crippen molar-refractivity contribution in [1.82, 2.24) is 15.5 Å². The van der Waals surface area contributed by atoms with E-state index in [1.165, 1.54) is 6.42 Å². The first kappa shape index (κ1) is 12.8. The first-order valence-electron chi connectivity index (χ1n) is 6.86. The van der Waals surface area contributed by atoms with E-state index in [2.05, 4.69) is 21.8 Å². The van der Waals surface area contributed by atoms with Crippen LogP contribution in [-0.2, 0) is 0 Å². The van der Waals surface area contributed by atoms with E-state index in [0.717, 1.165) is 31.4 Å². The predicted octanol–water partition coefficient (Wildman–Crippen LogP) is 1.88. The molecule has 0 aromatic carbocycles. The van der Waals surface area contributed by atoms with Crippen LogP contribution < -0.4 is 11.1 Å². The van der Waals surface area contributed by atoms with Gasteiger partial charge in [-0.05, 0) is 38.4 Å². The van der Waals surface area contributed by atoms with Crippen molar-refractivity contribution in [3.05, 3.63) is 11.4 Å². The molecule has 1 amide bonds. The van der Waals surface area contributed by atoms with Crippen LogP contribution in [0.2, 0.25) is 0 Å². The number of carbonyl (C=O) groups excluding carboxylic acids is 1. The molecular weight excluding hydrogens is 260 g/mol. The summed E-state index contributed by atoms with van der Waals surface area (Å²) in [6, 6.07) is 0.269. The molecule has 0 bridgehead atoms. The van der Waals surface area contributed by atoms with Gasteiger partial charge in [0.05, 0.1) is 11.4 Å². The van der Waals surface area contributed by atoms with Gasteiger partial charge in [-0.25, -0.2) is 0 Å². The molecule has 2 aliphatic carbocycles. The molecule has 19 heavy (non-hydrogen) atoms. The fourth-order valence-electron chi connectivity index (χ4n) is 2.76. The molecule has 0 radical (unpaired) electrons. The average molecular weight is 280 g/mol. The molecule has 3 rings (SSSR count).